The Morgan fingerprint density at radius 1 is 1.03 bits per heavy atom. The van der Waals surface area contributed by atoms with Crippen LogP contribution in [-0.2, 0) is 0 Å². The molecular formula is C25H23FN4O2. The zero-order valence-electron chi connectivity index (χ0n) is 17.8. The van der Waals surface area contributed by atoms with Gasteiger partial charge in [-0.2, -0.15) is 0 Å². The summed E-state index contributed by atoms with van der Waals surface area (Å²) in [6, 6.07) is 14.9. The molecule has 0 bridgehead atoms. The first kappa shape index (κ1) is 21.4. The number of hydrogen-bond donors (Lipinski definition) is 3. The van der Waals surface area contributed by atoms with Gasteiger partial charge in [0.1, 0.15) is 11.6 Å². The quantitative estimate of drug-likeness (QED) is 0.416. The van der Waals surface area contributed by atoms with Gasteiger partial charge >= 0.3 is 0 Å². The summed E-state index contributed by atoms with van der Waals surface area (Å²) in [7, 11) is 0. The van der Waals surface area contributed by atoms with Gasteiger partial charge in [-0.3, -0.25) is 9.78 Å². The molecule has 0 aliphatic rings. The van der Waals surface area contributed by atoms with Crippen LogP contribution in [-0.4, -0.2) is 27.6 Å². The number of aromatic nitrogens is 2. The molecular weight excluding hydrogens is 407 g/mol. The molecule has 4 rings (SSSR count). The fourth-order valence-electron chi connectivity index (χ4n) is 3.42. The summed E-state index contributed by atoms with van der Waals surface area (Å²) in [5, 5.41) is 17.5. The van der Waals surface area contributed by atoms with Gasteiger partial charge in [0.25, 0.3) is 5.91 Å². The highest BCUT2D eigenvalue weighted by Crippen LogP contribution is 2.22. The average molecular weight is 430 g/mol. The summed E-state index contributed by atoms with van der Waals surface area (Å²) in [4.78, 5) is 21.4. The molecule has 2 heterocycles. The van der Waals surface area contributed by atoms with Gasteiger partial charge in [0.2, 0.25) is 0 Å². The van der Waals surface area contributed by atoms with Gasteiger partial charge in [0, 0.05) is 34.7 Å². The van der Waals surface area contributed by atoms with Gasteiger partial charge in [0.15, 0.2) is 0 Å². The highest BCUT2D eigenvalue weighted by atomic mass is 19.1. The lowest BCUT2D eigenvalue weighted by atomic mass is 10.0. The first-order valence-corrected chi connectivity index (χ1v) is 10.2. The zero-order valence-corrected chi connectivity index (χ0v) is 17.8. The van der Waals surface area contributed by atoms with Crippen molar-refractivity contribution in [2.45, 2.75) is 19.9 Å². The number of aliphatic hydroxyl groups excluding tert-OH is 1. The number of benzene rings is 2. The van der Waals surface area contributed by atoms with E-state index < -0.39 is 6.04 Å². The largest absolute Gasteiger partial charge is 0.394 e. The molecule has 6 nitrogen and oxygen atoms in total. The van der Waals surface area contributed by atoms with Gasteiger partial charge in [-0.25, -0.2) is 9.37 Å². The third-order valence-corrected chi connectivity index (χ3v) is 5.24. The Bertz CT molecular complexity index is 1290. The van der Waals surface area contributed by atoms with Gasteiger partial charge in [-0.05, 0) is 66.8 Å². The zero-order chi connectivity index (χ0) is 22.7. The third-order valence-electron chi connectivity index (χ3n) is 5.24. The van der Waals surface area contributed by atoms with E-state index in [2.05, 4.69) is 20.6 Å². The number of rotatable bonds is 6. The van der Waals surface area contributed by atoms with Crippen LogP contribution in [0.4, 0.5) is 15.9 Å². The molecule has 162 valence electrons. The van der Waals surface area contributed by atoms with Gasteiger partial charge < -0.3 is 15.7 Å². The van der Waals surface area contributed by atoms with Crippen molar-refractivity contribution in [2.24, 2.45) is 0 Å². The van der Waals surface area contributed by atoms with Crippen molar-refractivity contribution in [3.05, 3.63) is 95.2 Å². The van der Waals surface area contributed by atoms with Crippen LogP contribution in [0, 0.1) is 19.7 Å². The van der Waals surface area contributed by atoms with Crippen LogP contribution in [0.15, 0.2) is 67.0 Å². The highest BCUT2D eigenvalue weighted by Gasteiger charge is 2.16. The molecule has 4 aromatic rings. The predicted octanol–water partition coefficient (Wildman–Crippen LogP) is 4.59. The van der Waals surface area contributed by atoms with E-state index in [-0.39, 0.29) is 18.3 Å². The molecule has 2 aromatic carbocycles. The third kappa shape index (κ3) is 4.73. The van der Waals surface area contributed by atoms with E-state index in [0.29, 0.717) is 22.5 Å². The lowest BCUT2D eigenvalue weighted by Gasteiger charge is -2.17. The number of pyridine rings is 2. The highest BCUT2D eigenvalue weighted by molar-refractivity contribution is 5.99. The first-order chi connectivity index (χ1) is 15.4. The Labute approximate surface area is 185 Å². The molecule has 7 heteroatoms. The van der Waals surface area contributed by atoms with Gasteiger partial charge in [-0.15, -0.1) is 0 Å². The summed E-state index contributed by atoms with van der Waals surface area (Å²) >= 11 is 0. The van der Waals surface area contributed by atoms with Crippen molar-refractivity contribution in [1.29, 1.82) is 0 Å². The standard InChI is InChI=1S/C25H23FN4O2/c1-15-3-4-17(11-22(15)26)23(14-31)30-25(32)18-5-6-19-13-28-24(12-20(19)10-18)29-21-7-8-27-16(2)9-21/h3-13,23,31H,14H2,1-2H3,(H,30,32)(H,27,28,29). The second-order valence-electron chi connectivity index (χ2n) is 7.66. The van der Waals surface area contributed by atoms with Crippen LogP contribution in [0.5, 0.6) is 0 Å². The average Bonchev–Trinajstić information content (AvgIpc) is 2.78. The van der Waals surface area contributed by atoms with Crippen molar-refractivity contribution in [3.63, 3.8) is 0 Å². The SMILES string of the molecule is Cc1cc(Nc2cc3cc(C(=O)NC(CO)c4ccc(C)c(F)c4)ccc3cn2)ccn1. The molecule has 1 unspecified atom stereocenters. The molecule has 0 aliphatic carbocycles. The minimum atomic E-state index is -0.710. The van der Waals surface area contributed by atoms with E-state index >= 15 is 0 Å². The number of nitrogens with one attached hydrogen (secondary N) is 2. The Kier molecular flexibility index (Phi) is 6.09. The number of carbonyl (C=O) groups is 1. The minimum absolute atomic E-state index is 0.342. The number of aryl methyl sites for hydroxylation is 2. The molecule has 0 spiro atoms. The number of aliphatic hydroxyl groups is 1. The van der Waals surface area contributed by atoms with Crippen molar-refractivity contribution in [2.75, 3.05) is 11.9 Å². The fraction of sp³-hybridized carbons (Fsp3) is 0.160. The summed E-state index contributed by atoms with van der Waals surface area (Å²) in [6.07, 6.45) is 3.46. The molecule has 1 amide bonds. The van der Waals surface area contributed by atoms with Crippen molar-refractivity contribution < 1.29 is 14.3 Å². The molecule has 0 fully saturated rings. The number of nitrogens with zero attached hydrogens (tertiary/aromatic N) is 2. The maximum Gasteiger partial charge on any atom is 0.251 e. The van der Waals surface area contributed by atoms with Crippen LogP contribution in [0.25, 0.3) is 10.8 Å². The monoisotopic (exact) mass is 430 g/mol. The maximum absolute atomic E-state index is 13.9. The van der Waals surface area contributed by atoms with Crippen LogP contribution in [0.2, 0.25) is 0 Å². The molecule has 3 N–H and O–H groups in total. The van der Waals surface area contributed by atoms with Gasteiger partial charge in [0.05, 0.1) is 12.6 Å². The summed E-state index contributed by atoms with van der Waals surface area (Å²) in [6.45, 7) is 3.23. The molecule has 0 saturated heterocycles. The fourth-order valence-corrected chi connectivity index (χ4v) is 3.42. The van der Waals surface area contributed by atoms with E-state index in [0.717, 1.165) is 22.2 Å². The Balaban J connectivity index is 1.56. The molecule has 2 aromatic heterocycles. The number of halogens is 1. The number of amides is 1. The van der Waals surface area contributed by atoms with E-state index in [1.165, 1.54) is 6.07 Å². The minimum Gasteiger partial charge on any atom is -0.394 e. The van der Waals surface area contributed by atoms with Gasteiger partial charge in [-0.1, -0.05) is 18.2 Å². The Morgan fingerprint density at radius 2 is 1.88 bits per heavy atom. The van der Waals surface area contributed by atoms with Crippen LogP contribution >= 0.6 is 0 Å². The molecule has 1 atom stereocenters. The molecule has 32 heavy (non-hydrogen) atoms. The van der Waals surface area contributed by atoms with Crippen LogP contribution in [0.3, 0.4) is 0 Å². The van der Waals surface area contributed by atoms with E-state index in [1.54, 1.807) is 43.6 Å². The first-order valence-electron chi connectivity index (χ1n) is 10.2. The van der Waals surface area contributed by atoms with E-state index in [9.17, 15) is 14.3 Å². The summed E-state index contributed by atoms with van der Waals surface area (Å²) < 4.78 is 13.9. The lowest BCUT2D eigenvalue weighted by molar-refractivity contribution is 0.0916. The topological polar surface area (TPSA) is 87.1 Å². The van der Waals surface area contributed by atoms with Crippen molar-refractivity contribution >= 4 is 28.2 Å². The van der Waals surface area contributed by atoms with Crippen molar-refractivity contribution in [1.82, 2.24) is 15.3 Å². The van der Waals surface area contributed by atoms with E-state index in [4.69, 9.17) is 0 Å². The van der Waals surface area contributed by atoms with E-state index in [1.807, 2.05) is 31.2 Å². The molecule has 0 saturated carbocycles. The second-order valence-corrected chi connectivity index (χ2v) is 7.66. The normalized spacial score (nSPS) is 11.9. The summed E-state index contributed by atoms with van der Waals surface area (Å²) in [5.41, 5.74) is 3.20. The van der Waals surface area contributed by atoms with Crippen LogP contribution < -0.4 is 10.6 Å². The van der Waals surface area contributed by atoms with Crippen molar-refractivity contribution in [3.8, 4) is 0 Å². The smallest absolute Gasteiger partial charge is 0.251 e. The predicted molar refractivity (Wildman–Crippen MR) is 122 cm³/mol. The maximum atomic E-state index is 13.9. The second kappa shape index (κ2) is 9.11. The molecule has 0 aliphatic heterocycles. The molecule has 0 radical (unpaired) electrons. The summed E-state index contributed by atoms with van der Waals surface area (Å²) in [5.74, 6) is -0.0927. The van der Waals surface area contributed by atoms with Crippen LogP contribution in [0.1, 0.15) is 33.2 Å². The number of hydrogen-bond acceptors (Lipinski definition) is 5. The number of anilines is 2. The Hall–Kier alpha value is -3.84. The number of carbonyl (C=O) groups excluding carboxylic acids is 1. The number of fused-ring (bicyclic) bond motifs is 1. The Morgan fingerprint density at radius 3 is 2.62 bits per heavy atom. The lowest BCUT2D eigenvalue weighted by Crippen LogP contribution is -2.30.